The van der Waals surface area contributed by atoms with Gasteiger partial charge in [0.15, 0.2) is 0 Å². The first-order valence-corrected chi connectivity index (χ1v) is 5.96. The molecule has 1 atom stereocenters. The van der Waals surface area contributed by atoms with Gasteiger partial charge in [-0.3, -0.25) is 0 Å². The largest absolute Gasteiger partial charge is 0.445 e. The van der Waals surface area contributed by atoms with Crippen LogP contribution in [-0.4, -0.2) is 24.1 Å². The Bertz CT molecular complexity index is 348. The van der Waals surface area contributed by atoms with Gasteiger partial charge in [0.2, 0.25) is 0 Å². The van der Waals surface area contributed by atoms with Crippen molar-refractivity contribution < 1.29 is 9.53 Å². The van der Waals surface area contributed by atoms with E-state index >= 15 is 0 Å². The molecule has 0 saturated heterocycles. The van der Waals surface area contributed by atoms with E-state index in [9.17, 15) is 4.79 Å². The molecule has 1 amide bonds. The van der Waals surface area contributed by atoms with Crippen LogP contribution in [0.3, 0.4) is 0 Å². The van der Waals surface area contributed by atoms with E-state index in [1.807, 2.05) is 37.3 Å². The molecule has 0 aliphatic rings. The Morgan fingerprint density at radius 1 is 1.24 bits per heavy atom. The molecule has 3 nitrogen and oxygen atoms in total. The Morgan fingerprint density at radius 2 is 1.82 bits per heavy atom. The number of benzene rings is 1. The highest BCUT2D eigenvalue weighted by Gasteiger charge is 2.19. The molecule has 0 aliphatic heterocycles. The van der Waals surface area contributed by atoms with Gasteiger partial charge in [-0.25, -0.2) is 4.79 Å². The predicted octanol–water partition coefficient (Wildman–Crippen LogP) is 3.30. The van der Waals surface area contributed by atoms with E-state index in [1.54, 1.807) is 11.9 Å². The fraction of sp³-hybridized carbons (Fsp3) is 0.500. The average molecular weight is 235 g/mol. The Morgan fingerprint density at radius 3 is 2.35 bits per heavy atom. The van der Waals surface area contributed by atoms with Crippen molar-refractivity contribution in [1.29, 1.82) is 0 Å². The van der Waals surface area contributed by atoms with E-state index in [-0.39, 0.29) is 12.1 Å². The van der Waals surface area contributed by atoms with Crippen molar-refractivity contribution in [1.82, 2.24) is 4.90 Å². The van der Waals surface area contributed by atoms with Gasteiger partial charge in [-0.15, -0.1) is 0 Å². The summed E-state index contributed by atoms with van der Waals surface area (Å²) in [6.45, 7) is 6.53. The minimum atomic E-state index is -0.268. The summed E-state index contributed by atoms with van der Waals surface area (Å²) in [5.74, 6) is 0.421. The van der Waals surface area contributed by atoms with Crippen molar-refractivity contribution in [3.8, 4) is 0 Å². The van der Waals surface area contributed by atoms with Gasteiger partial charge in [-0.2, -0.15) is 0 Å². The van der Waals surface area contributed by atoms with Crippen molar-refractivity contribution in [3.63, 3.8) is 0 Å². The third-order valence-corrected chi connectivity index (χ3v) is 3.07. The molecule has 0 fully saturated rings. The maximum absolute atomic E-state index is 11.8. The number of rotatable bonds is 4. The van der Waals surface area contributed by atoms with Crippen molar-refractivity contribution in [2.24, 2.45) is 5.92 Å². The Balaban J connectivity index is 2.45. The summed E-state index contributed by atoms with van der Waals surface area (Å²) in [6.07, 6.45) is -0.268. The van der Waals surface area contributed by atoms with Crippen LogP contribution in [0.1, 0.15) is 26.3 Å². The summed E-state index contributed by atoms with van der Waals surface area (Å²) < 4.78 is 5.25. The quantitative estimate of drug-likeness (QED) is 0.801. The van der Waals surface area contributed by atoms with E-state index in [4.69, 9.17) is 4.74 Å². The first kappa shape index (κ1) is 13.6. The second-order valence-electron chi connectivity index (χ2n) is 4.64. The van der Waals surface area contributed by atoms with Crippen LogP contribution < -0.4 is 0 Å². The molecule has 0 N–H and O–H groups in total. The van der Waals surface area contributed by atoms with Crippen molar-refractivity contribution >= 4 is 6.09 Å². The maximum Gasteiger partial charge on any atom is 0.410 e. The first-order chi connectivity index (χ1) is 8.02. The molecule has 0 radical (unpaired) electrons. The molecule has 1 rings (SSSR count). The van der Waals surface area contributed by atoms with Crippen LogP contribution in [0.25, 0.3) is 0 Å². The van der Waals surface area contributed by atoms with Crippen LogP contribution in [0.15, 0.2) is 30.3 Å². The molecule has 0 aromatic heterocycles. The minimum absolute atomic E-state index is 0.179. The molecule has 0 saturated carbocycles. The standard InChI is InChI=1S/C14H21NO2/c1-11(2)12(3)15(4)14(16)17-10-13-8-6-5-7-9-13/h5-9,11-12H,10H2,1-4H3. The molecular formula is C14H21NO2. The highest BCUT2D eigenvalue weighted by Crippen LogP contribution is 2.10. The summed E-state index contributed by atoms with van der Waals surface area (Å²) in [5, 5.41) is 0. The molecule has 0 heterocycles. The molecule has 1 aromatic carbocycles. The van der Waals surface area contributed by atoms with Crippen LogP contribution in [0, 0.1) is 5.92 Å². The topological polar surface area (TPSA) is 29.5 Å². The highest BCUT2D eigenvalue weighted by atomic mass is 16.6. The van der Waals surface area contributed by atoms with E-state index < -0.39 is 0 Å². The summed E-state index contributed by atoms with van der Waals surface area (Å²) in [7, 11) is 1.78. The number of amides is 1. The van der Waals surface area contributed by atoms with Crippen LogP contribution >= 0.6 is 0 Å². The molecule has 1 unspecified atom stereocenters. The van der Waals surface area contributed by atoms with Gasteiger partial charge in [-0.05, 0) is 18.4 Å². The normalized spacial score (nSPS) is 12.3. The van der Waals surface area contributed by atoms with Crippen molar-refractivity contribution in [2.75, 3.05) is 7.05 Å². The SMILES string of the molecule is CC(C)C(C)N(C)C(=O)OCc1ccccc1. The van der Waals surface area contributed by atoms with Gasteiger partial charge < -0.3 is 9.64 Å². The molecule has 1 aromatic rings. The zero-order valence-electron chi connectivity index (χ0n) is 11.0. The third-order valence-electron chi connectivity index (χ3n) is 3.07. The van der Waals surface area contributed by atoms with Gasteiger partial charge in [-0.1, -0.05) is 44.2 Å². The summed E-state index contributed by atoms with van der Waals surface area (Å²) in [4.78, 5) is 13.4. The molecule has 0 aliphatic carbocycles. The fourth-order valence-electron chi connectivity index (χ4n) is 1.43. The van der Waals surface area contributed by atoms with E-state index in [1.165, 1.54) is 0 Å². The van der Waals surface area contributed by atoms with Crippen LogP contribution in [0.2, 0.25) is 0 Å². The summed E-state index contributed by atoms with van der Waals surface area (Å²) in [5.41, 5.74) is 1.01. The summed E-state index contributed by atoms with van der Waals surface area (Å²) in [6, 6.07) is 9.88. The predicted molar refractivity (Wildman–Crippen MR) is 68.7 cm³/mol. The van der Waals surface area contributed by atoms with Crippen molar-refractivity contribution in [3.05, 3.63) is 35.9 Å². The van der Waals surface area contributed by atoms with Crippen LogP contribution in [-0.2, 0) is 11.3 Å². The lowest BCUT2D eigenvalue weighted by Gasteiger charge is -2.27. The third kappa shape index (κ3) is 4.10. The van der Waals surface area contributed by atoms with Crippen molar-refractivity contribution in [2.45, 2.75) is 33.4 Å². The summed E-state index contributed by atoms with van der Waals surface area (Å²) >= 11 is 0. The fourth-order valence-corrected chi connectivity index (χ4v) is 1.43. The molecular weight excluding hydrogens is 214 g/mol. The lowest BCUT2D eigenvalue weighted by atomic mass is 10.1. The second kappa shape index (κ2) is 6.28. The molecule has 3 heteroatoms. The van der Waals surface area contributed by atoms with Gasteiger partial charge in [0.05, 0.1) is 0 Å². The monoisotopic (exact) mass is 235 g/mol. The molecule has 0 bridgehead atoms. The lowest BCUT2D eigenvalue weighted by Crippen LogP contribution is -2.38. The zero-order valence-corrected chi connectivity index (χ0v) is 11.0. The van der Waals surface area contributed by atoms with Gasteiger partial charge in [0.25, 0.3) is 0 Å². The second-order valence-corrected chi connectivity index (χ2v) is 4.64. The minimum Gasteiger partial charge on any atom is -0.445 e. The van der Waals surface area contributed by atoms with Gasteiger partial charge in [0, 0.05) is 13.1 Å². The van der Waals surface area contributed by atoms with E-state index in [0.29, 0.717) is 12.5 Å². The van der Waals surface area contributed by atoms with Crippen LogP contribution in [0.5, 0.6) is 0 Å². The first-order valence-electron chi connectivity index (χ1n) is 5.96. The molecule has 17 heavy (non-hydrogen) atoms. The maximum atomic E-state index is 11.8. The Hall–Kier alpha value is -1.51. The van der Waals surface area contributed by atoms with Gasteiger partial charge >= 0.3 is 6.09 Å². The average Bonchev–Trinajstić information content (AvgIpc) is 2.35. The number of ether oxygens (including phenoxy) is 1. The zero-order chi connectivity index (χ0) is 12.8. The number of carbonyl (C=O) groups excluding carboxylic acids is 1. The number of nitrogens with zero attached hydrogens (tertiary/aromatic N) is 1. The highest BCUT2D eigenvalue weighted by molar-refractivity contribution is 5.67. The number of hydrogen-bond donors (Lipinski definition) is 0. The Labute approximate surface area is 103 Å². The smallest absolute Gasteiger partial charge is 0.410 e. The van der Waals surface area contributed by atoms with Crippen LogP contribution in [0.4, 0.5) is 4.79 Å². The molecule has 94 valence electrons. The lowest BCUT2D eigenvalue weighted by molar-refractivity contribution is 0.0859. The van der Waals surface area contributed by atoms with E-state index in [0.717, 1.165) is 5.56 Å². The van der Waals surface area contributed by atoms with E-state index in [2.05, 4.69) is 13.8 Å². The Kier molecular flexibility index (Phi) is 5.01. The molecule has 0 spiro atoms. The number of hydrogen-bond acceptors (Lipinski definition) is 2. The number of carbonyl (C=O) groups is 1. The van der Waals surface area contributed by atoms with Gasteiger partial charge in [0.1, 0.15) is 6.61 Å².